The third kappa shape index (κ3) is 4.58. The monoisotopic (exact) mass is 416 g/mol. The van der Waals surface area contributed by atoms with Crippen LogP contribution in [0.2, 0.25) is 5.02 Å². The predicted molar refractivity (Wildman–Crippen MR) is 112 cm³/mol. The van der Waals surface area contributed by atoms with Crippen LogP contribution in [0.4, 0.5) is 15.9 Å². The van der Waals surface area contributed by atoms with E-state index in [0.717, 1.165) is 36.2 Å². The minimum absolute atomic E-state index is 0.0234. The molecule has 29 heavy (non-hydrogen) atoms. The Balaban J connectivity index is 1.56. The van der Waals surface area contributed by atoms with Crippen molar-refractivity contribution in [3.8, 4) is 5.75 Å². The van der Waals surface area contributed by atoms with Gasteiger partial charge in [-0.05, 0) is 36.8 Å². The van der Waals surface area contributed by atoms with Crippen molar-refractivity contribution in [2.75, 3.05) is 25.0 Å². The molecule has 2 aromatic carbocycles. The number of morpholine rings is 1. The Morgan fingerprint density at radius 2 is 2.21 bits per heavy atom. The van der Waals surface area contributed by atoms with Crippen molar-refractivity contribution in [3.63, 3.8) is 0 Å². The van der Waals surface area contributed by atoms with E-state index >= 15 is 0 Å². The quantitative estimate of drug-likeness (QED) is 0.624. The average Bonchev–Trinajstić information content (AvgIpc) is 2.75. The molecule has 1 fully saturated rings. The van der Waals surface area contributed by atoms with Crippen molar-refractivity contribution in [3.05, 3.63) is 53.6 Å². The van der Waals surface area contributed by atoms with E-state index < -0.39 is 5.82 Å². The van der Waals surface area contributed by atoms with Crippen molar-refractivity contribution < 1.29 is 13.9 Å². The summed E-state index contributed by atoms with van der Waals surface area (Å²) in [5.74, 6) is 0.873. The molecule has 8 heteroatoms. The zero-order valence-corrected chi connectivity index (χ0v) is 16.7. The number of hydrogen-bond donors (Lipinski definition) is 2. The lowest BCUT2D eigenvalue weighted by Crippen LogP contribution is -2.47. The van der Waals surface area contributed by atoms with Crippen LogP contribution in [0.15, 0.2) is 42.7 Å². The zero-order chi connectivity index (χ0) is 20.2. The lowest BCUT2D eigenvalue weighted by atomic mass is 10.1. The maximum absolute atomic E-state index is 13.4. The van der Waals surface area contributed by atoms with Crippen molar-refractivity contribution in [2.45, 2.75) is 25.6 Å². The Kier molecular flexibility index (Phi) is 6.08. The van der Waals surface area contributed by atoms with E-state index in [9.17, 15) is 4.39 Å². The van der Waals surface area contributed by atoms with Gasteiger partial charge in [0.2, 0.25) is 0 Å². The van der Waals surface area contributed by atoms with Gasteiger partial charge in [-0.25, -0.2) is 14.4 Å². The lowest BCUT2D eigenvalue weighted by Gasteiger charge is -2.30. The topological polar surface area (TPSA) is 68.3 Å². The molecule has 4 rings (SSSR count). The average molecular weight is 417 g/mol. The number of ether oxygens (including phenoxy) is 2. The molecule has 2 heterocycles. The summed E-state index contributed by atoms with van der Waals surface area (Å²) in [7, 11) is 0. The van der Waals surface area contributed by atoms with Gasteiger partial charge in [-0.3, -0.25) is 0 Å². The Hall–Kier alpha value is -2.48. The van der Waals surface area contributed by atoms with Crippen LogP contribution in [-0.2, 0) is 4.74 Å². The van der Waals surface area contributed by atoms with Gasteiger partial charge in [0, 0.05) is 30.2 Å². The molecule has 2 atom stereocenters. The van der Waals surface area contributed by atoms with E-state index in [1.165, 1.54) is 18.5 Å². The molecule has 0 amide bonds. The molecule has 3 aromatic rings. The van der Waals surface area contributed by atoms with Crippen LogP contribution in [-0.4, -0.2) is 41.9 Å². The Morgan fingerprint density at radius 3 is 2.97 bits per heavy atom. The molecule has 0 saturated carbocycles. The third-order valence-electron chi connectivity index (χ3n) is 4.85. The van der Waals surface area contributed by atoms with Crippen LogP contribution in [0.25, 0.3) is 10.9 Å². The fraction of sp³-hybridized carbons (Fsp3) is 0.333. The molecule has 1 aliphatic rings. The number of fused-ring (bicyclic) bond motifs is 1. The smallest absolute Gasteiger partial charge is 0.141 e. The first-order valence-corrected chi connectivity index (χ1v) is 9.97. The predicted octanol–water partition coefficient (Wildman–Crippen LogP) is 4.31. The highest BCUT2D eigenvalue weighted by Gasteiger charge is 2.24. The summed E-state index contributed by atoms with van der Waals surface area (Å²) in [5, 5.41) is 7.38. The first-order chi connectivity index (χ1) is 14.1. The SMILES string of the molecule is CCC(Oc1ccc2c(Nc3ccc(F)c(Cl)c3)ncnc2c1)C1CNCCO1. The Morgan fingerprint density at radius 1 is 1.31 bits per heavy atom. The maximum Gasteiger partial charge on any atom is 0.141 e. The lowest BCUT2D eigenvalue weighted by molar-refractivity contribution is -0.0427. The number of rotatable bonds is 6. The van der Waals surface area contributed by atoms with Crippen LogP contribution in [0.5, 0.6) is 5.75 Å². The van der Waals surface area contributed by atoms with E-state index in [2.05, 4.69) is 27.5 Å². The van der Waals surface area contributed by atoms with Crippen LogP contribution < -0.4 is 15.4 Å². The van der Waals surface area contributed by atoms with Gasteiger partial charge in [0.25, 0.3) is 0 Å². The van der Waals surface area contributed by atoms with E-state index in [0.29, 0.717) is 18.1 Å². The number of halogens is 2. The number of anilines is 2. The molecule has 1 aromatic heterocycles. The van der Waals surface area contributed by atoms with E-state index in [-0.39, 0.29) is 17.2 Å². The minimum Gasteiger partial charge on any atom is -0.488 e. The highest BCUT2D eigenvalue weighted by Crippen LogP contribution is 2.28. The highest BCUT2D eigenvalue weighted by atomic mass is 35.5. The van der Waals surface area contributed by atoms with Crippen molar-refractivity contribution in [1.82, 2.24) is 15.3 Å². The summed E-state index contributed by atoms with van der Waals surface area (Å²) in [5.41, 5.74) is 1.38. The third-order valence-corrected chi connectivity index (χ3v) is 5.14. The van der Waals surface area contributed by atoms with Gasteiger partial charge in [-0.15, -0.1) is 0 Å². The van der Waals surface area contributed by atoms with Gasteiger partial charge in [-0.2, -0.15) is 0 Å². The molecule has 0 spiro atoms. The number of aromatic nitrogens is 2. The molecule has 0 bridgehead atoms. The molecule has 0 radical (unpaired) electrons. The fourth-order valence-corrected chi connectivity index (χ4v) is 3.52. The van der Waals surface area contributed by atoms with Crippen molar-refractivity contribution in [2.24, 2.45) is 0 Å². The van der Waals surface area contributed by atoms with Gasteiger partial charge in [0.05, 0.1) is 17.1 Å². The summed E-state index contributed by atoms with van der Waals surface area (Å²) < 4.78 is 25.4. The normalized spacial score (nSPS) is 17.8. The molecule has 152 valence electrons. The van der Waals surface area contributed by atoms with E-state index in [4.69, 9.17) is 21.1 Å². The van der Waals surface area contributed by atoms with Crippen molar-refractivity contribution in [1.29, 1.82) is 0 Å². The van der Waals surface area contributed by atoms with Crippen LogP contribution >= 0.6 is 11.6 Å². The summed E-state index contributed by atoms with van der Waals surface area (Å²) in [6.45, 7) is 4.43. The maximum atomic E-state index is 13.4. The minimum atomic E-state index is -0.464. The molecule has 0 aliphatic carbocycles. The molecular weight excluding hydrogens is 395 g/mol. The first kappa shape index (κ1) is 19.8. The van der Waals surface area contributed by atoms with E-state index in [1.807, 2.05) is 18.2 Å². The molecule has 2 N–H and O–H groups in total. The van der Waals surface area contributed by atoms with Crippen LogP contribution in [0.1, 0.15) is 13.3 Å². The summed E-state index contributed by atoms with van der Waals surface area (Å²) in [6, 6.07) is 10.1. The molecule has 1 saturated heterocycles. The summed E-state index contributed by atoms with van der Waals surface area (Å²) in [6.07, 6.45) is 2.30. The van der Waals surface area contributed by atoms with Gasteiger partial charge in [-0.1, -0.05) is 18.5 Å². The second-order valence-corrected chi connectivity index (χ2v) is 7.24. The van der Waals surface area contributed by atoms with Gasteiger partial charge < -0.3 is 20.1 Å². The van der Waals surface area contributed by atoms with Gasteiger partial charge >= 0.3 is 0 Å². The van der Waals surface area contributed by atoms with Gasteiger partial charge in [0.15, 0.2) is 0 Å². The number of nitrogens with zero attached hydrogens (tertiary/aromatic N) is 2. The Labute approximate surface area is 173 Å². The Bertz CT molecular complexity index is 998. The van der Waals surface area contributed by atoms with Crippen LogP contribution in [0.3, 0.4) is 0 Å². The highest BCUT2D eigenvalue weighted by molar-refractivity contribution is 6.31. The molecule has 1 aliphatic heterocycles. The number of hydrogen-bond acceptors (Lipinski definition) is 6. The summed E-state index contributed by atoms with van der Waals surface area (Å²) >= 11 is 5.87. The largest absolute Gasteiger partial charge is 0.488 e. The number of nitrogens with one attached hydrogen (secondary N) is 2. The molecule has 2 unspecified atom stereocenters. The molecule has 6 nitrogen and oxygen atoms in total. The van der Waals surface area contributed by atoms with Crippen molar-refractivity contribution >= 4 is 34.0 Å². The standard InChI is InChI=1S/C21H22ClFN4O2/c1-2-19(20-11-24-7-8-28-20)29-14-4-5-15-18(10-14)25-12-26-21(15)27-13-3-6-17(23)16(22)9-13/h3-6,9-10,12,19-20,24H,2,7-8,11H2,1H3,(H,25,26,27). The second kappa shape index (κ2) is 8.90. The summed E-state index contributed by atoms with van der Waals surface area (Å²) in [4.78, 5) is 8.67. The van der Waals surface area contributed by atoms with Gasteiger partial charge in [0.1, 0.15) is 35.9 Å². The van der Waals surface area contributed by atoms with Crippen LogP contribution in [0, 0.1) is 5.82 Å². The second-order valence-electron chi connectivity index (χ2n) is 6.83. The fourth-order valence-electron chi connectivity index (χ4n) is 3.34. The van der Waals surface area contributed by atoms with E-state index in [1.54, 1.807) is 6.07 Å². The molecular formula is C21H22ClFN4O2. The number of benzene rings is 2. The zero-order valence-electron chi connectivity index (χ0n) is 16.0. The first-order valence-electron chi connectivity index (χ1n) is 9.60.